The molecule has 6 nitrogen and oxygen atoms in total. The first kappa shape index (κ1) is 24.8. The third-order valence-electron chi connectivity index (χ3n) is 7.30. The lowest BCUT2D eigenvalue weighted by Crippen LogP contribution is -2.22. The van der Waals surface area contributed by atoms with Crippen molar-refractivity contribution in [2.75, 3.05) is 5.32 Å². The number of hydrogen-bond donors (Lipinski definition) is 1. The first-order valence-corrected chi connectivity index (χ1v) is 14.2. The summed E-state index contributed by atoms with van der Waals surface area (Å²) in [6.45, 7) is 4.40. The molecule has 192 valence electrons. The van der Waals surface area contributed by atoms with E-state index in [4.69, 9.17) is 16.6 Å². The Bertz CT molecular complexity index is 1690. The van der Waals surface area contributed by atoms with E-state index in [1.165, 1.54) is 31.2 Å². The molecule has 1 fully saturated rings. The molecule has 38 heavy (non-hydrogen) atoms. The van der Waals surface area contributed by atoms with E-state index >= 15 is 0 Å². The molecule has 3 heterocycles. The van der Waals surface area contributed by atoms with Gasteiger partial charge in [-0.1, -0.05) is 48.7 Å². The highest BCUT2D eigenvalue weighted by atomic mass is 35.5. The molecule has 2 aromatic carbocycles. The van der Waals surface area contributed by atoms with Gasteiger partial charge in [-0.3, -0.25) is 9.36 Å². The van der Waals surface area contributed by atoms with Gasteiger partial charge in [0, 0.05) is 46.2 Å². The van der Waals surface area contributed by atoms with E-state index in [0.717, 1.165) is 26.5 Å². The highest BCUT2D eigenvalue weighted by Crippen LogP contribution is 2.35. The Kier molecular flexibility index (Phi) is 6.72. The number of rotatable bonds is 6. The van der Waals surface area contributed by atoms with E-state index in [9.17, 15) is 4.79 Å². The number of aryl methyl sites for hydroxylation is 2. The van der Waals surface area contributed by atoms with E-state index in [-0.39, 0.29) is 5.56 Å². The number of halogens is 1. The van der Waals surface area contributed by atoms with Crippen LogP contribution in [0.2, 0.25) is 5.02 Å². The Morgan fingerprint density at radius 2 is 1.82 bits per heavy atom. The van der Waals surface area contributed by atoms with Crippen LogP contribution in [0.3, 0.4) is 0 Å². The number of aromatic nitrogens is 4. The molecule has 8 heteroatoms. The van der Waals surface area contributed by atoms with Crippen LogP contribution in [0.4, 0.5) is 11.6 Å². The number of benzene rings is 2. The number of fused-ring (bicyclic) bond motifs is 1. The molecule has 1 aliphatic carbocycles. The van der Waals surface area contributed by atoms with Crippen LogP contribution in [0.25, 0.3) is 32.6 Å². The summed E-state index contributed by atoms with van der Waals surface area (Å²) in [4.78, 5) is 28.2. The molecule has 5 aromatic rings. The summed E-state index contributed by atoms with van der Waals surface area (Å²) >= 11 is 8.31. The molecule has 0 spiro atoms. The monoisotopic (exact) mass is 541 g/mol. The van der Waals surface area contributed by atoms with Gasteiger partial charge in [0.25, 0.3) is 5.56 Å². The third kappa shape index (κ3) is 4.72. The van der Waals surface area contributed by atoms with E-state index in [0.29, 0.717) is 40.2 Å². The molecule has 0 bridgehead atoms. The van der Waals surface area contributed by atoms with Crippen molar-refractivity contribution >= 4 is 45.6 Å². The van der Waals surface area contributed by atoms with E-state index < -0.39 is 0 Å². The van der Waals surface area contributed by atoms with Crippen molar-refractivity contribution in [2.24, 2.45) is 0 Å². The summed E-state index contributed by atoms with van der Waals surface area (Å²) in [5.74, 6) is 1.14. The Labute approximate surface area is 230 Å². The maximum atomic E-state index is 13.6. The van der Waals surface area contributed by atoms with Crippen molar-refractivity contribution in [3.8, 4) is 21.6 Å². The molecular weight excluding hydrogens is 514 g/mol. The molecule has 1 aliphatic rings. The summed E-state index contributed by atoms with van der Waals surface area (Å²) < 4.78 is 1.68. The predicted octanol–water partition coefficient (Wildman–Crippen LogP) is 7.96. The molecule has 1 saturated carbocycles. The van der Waals surface area contributed by atoms with Gasteiger partial charge in [0.15, 0.2) is 0 Å². The Morgan fingerprint density at radius 3 is 2.50 bits per heavy atom. The third-order valence-corrected chi connectivity index (χ3v) is 8.58. The van der Waals surface area contributed by atoms with Crippen molar-refractivity contribution in [2.45, 2.75) is 52.0 Å². The minimum absolute atomic E-state index is 0.131. The largest absolute Gasteiger partial charge is 0.324 e. The van der Waals surface area contributed by atoms with Crippen LogP contribution in [0.5, 0.6) is 0 Å². The second-order valence-corrected chi connectivity index (χ2v) is 11.4. The lowest BCUT2D eigenvalue weighted by molar-refractivity contribution is 0.723. The molecule has 3 aromatic heterocycles. The highest BCUT2D eigenvalue weighted by Gasteiger charge is 2.18. The van der Waals surface area contributed by atoms with Gasteiger partial charge in [-0.25, -0.2) is 9.97 Å². The van der Waals surface area contributed by atoms with Gasteiger partial charge in [0.05, 0.1) is 9.88 Å². The molecule has 0 aliphatic heterocycles. The molecule has 0 radical (unpaired) electrons. The first-order chi connectivity index (χ1) is 18.5. The average molecular weight is 542 g/mol. The lowest BCUT2D eigenvalue weighted by atomic mass is 9.98. The molecule has 0 saturated heterocycles. The second kappa shape index (κ2) is 10.3. The van der Waals surface area contributed by atoms with Gasteiger partial charge in [-0.15, -0.1) is 11.3 Å². The molecule has 0 atom stereocenters. The fourth-order valence-electron chi connectivity index (χ4n) is 5.31. The average Bonchev–Trinajstić information content (AvgIpc) is 3.62. The molecular formula is C30H28ClN5OS. The molecule has 6 rings (SSSR count). The first-order valence-electron chi connectivity index (χ1n) is 13.0. The summed E-state index contributed by atoms with van der Waals surface area (Å²) in [5, 5.41) is 5.60. The molecule has 0 unspecified atom stereocenters. The lowest BCUT2D eigenvalue weighted by Gasteiger charge is -2.14. The highest BCUT2D eigenvalue weighted by molar-refractivity contribution is 7.15. The van der Waals surface area contributed by atoms with Gasteiger partial charge in [0.1, 0.15) is 5.65 Å². The minimum Gasteiger partial charge on any atom is -0.324 e. The van der Waals surface area contributed by atoms with Gasteiger partial charge in [0.2, 0.25) is 5.95 Å². The summed E-state index contributed by atoms with van der Waals surface area (Å²) in [6, 6.07) is 16.2. The minimum atomic E-state index is -0.131. The van der Waals surface area contributed by atoms with Gasteiger partial charge in [-0.05, 0) is 68.0 Å². The number of nitrogens with zero attached hydrogens (tertiary/aromatic N) is 4. The maximum absolute atomic E-state index is 13.6. The Balaban J connectivity index is 1.32. The van der Waals surface area contributed by atoms with Gasteiger partial charge < -0.3 is 5.32 Å². The van der Waals surface area contributed by atoms with E-state index in [1.807, 2.05) is 44.3 Å². The zero-order valence-corrected chi connectivity index (χ0v) is 22.9. The van der Waals surface area contributed by atoms with E-state index in [2.05, 4.69) is 39.6 Å². The Hall–Kier alpha value is -3.55. The zero-order valence-electron chi connectivity index (χ0n) is 21.4. The van der Waals surface area contributed by atoms with Crippen molar-refractivity contribution in [3.63, 3.8) is 0 Å². The van der Waals surface area contributed by atoms with Crippen LogP contribution in [-0.2, 0) is 6.54 Å². The van der Waals surface area contributed by atoms with Crippen LogP contribution < -0.4 is 10.9 Å². The van der Waals surface area contributed by atoms with Crippen LogP contribution >= 0.6 is 22.9 Å². The van der Waals surface area contributed by atoms with Crippen molar-refractivity contribution in [3.05, 3.63) is 86.9 Å². The van der Waals surface area contributed by atoms with Crippen molar-refractivity contribution in [1.82, 2.24) is 19.5 Å². The summed E-state index contributed by atoms with van der Waals surface area (Å²) in [5.41, 5.74) is 4.99. The van der Waals surface area contributed by atoms with Crippen molar-refractivity contribution < 1.29 is 0 Å². The zero-order chi connectivity index (χ0) is 26.2. The number of nitrogens with one attached hydrogen (secondary N) is 1. The maximum Gasteiger partial charge on any atom is 0.260 e. The standard InChI is InChI=1S/C30H28ClN5OS/c1-3-36-28-22(16-33-30(35-28)34-23-11-8-20(9-12-23)19-6-4-5-7-19)14-25(29(36)37)24-13-10-21(15-26(24)31)27-17-32-18(2)38-27/h8-17,19H,3-7H2,1-2H3,(H,33,34,35). The summed E-state index contributed by atoms with van der Waals surface area (Å²) in [7, 11) is 0. The number of anilines is 2. The normalized spacial score (nSPS) is 13.9. The SMILES string of the molecule is CCn1c(=O)c(-c2ccc(-c3cnc(C)s3)cc2Cl)cc2cnc(Nc3ccc(C4CCCC4)cc3)nc21. The van der Waals surface area contributed by atoms with Crippen LogP contribution in [0.15, 0.2) is 65.7 Å². The van der Waals surface area contributed by atoms with E-state index in [1.54, 1.807) is 22.1 Å². The quantitative estimate of drug-likeness (QED) is 0.236. The van der Waals surface area contributed by atoms with Gasteiger partial charge in [-0.2, -0.15) is 4.98 Å². The summed E-state index contributed by atoms with van der Waals surface area (Å²) in [6.07, 6.45) is 8.80. The number of thiazole rings is 1. The number of pyridine rings is 1. The van der Waals surface area contributed by atoms with Crippen LogP contribution in [0, 0.1) is 6.92 Å². The smallest absolute Gasteiger partial charge is 0.260 e. The fourth-order valence-corrected chi connectivity index (χ4v) is 6.37. The Morgan fingerprint density at radius 1 is 1.03 bits per heavy atom. The molecule has 1 N–H and O–H groups in total. The second-order valence-electron chi connectivity index (χ2n) is 9.75. The topological polar surface area (TPSA) is 72.7 Å². The van der Waals surface area contributed by atoms with Gasteiger partial charge >= 0.3 is 0 Å². The predicted molar refractivity (Wildman–Crippen MR) is 157 cm³/mol. The fraction of sp³-hybridized carbons (Fsp3) is 0.267. The van der Waals surface area contributed by atoms with Crippen LogP contribution in [0.1, 0.15) is 49.1 Å². The number of hydrogen-bond acceptors (Lipinski definition) is 6. The van der Waals surface area contributed by atoms with Crippen molar-refractivity contribution in [1.29, 1.82) is 0 Å². The van der Waals surface area contributed by atoms with Crippen LogP contribution in [-0.4, -0.2) is 19.5 Å². The molecule has 0 amide bonds.